The number of aromatic nitrogens is 2. The standard InChI is InChI=1S/C15H19N3/c1-15(2,3)12-6-8-13(9-7-12)18(4)14-16-10-5-11-17-14/h5-11H,1-4H3. The highest BCUT2D eigenvalue weighted by Gasteiger charge is 2.14. The number of anilines is 2. The van der Waals surface area contributed by atoms with Crippen LogP contribution in [0.15, 0.2) is 42.7 Å². The molecule has 0 N–H and O–H groups in total. The van der Waals surface area contributed by atoms with E-state index >= 15 is 0 Å². The summed E-state index contributed by atoms with van der Waals surface area (Å²) in [5.41, 5.74) is 2.60. The maximum absolute atomic E-state index is 4.24. The van der Waals surface area contributed by atoms with E-state index < -0.39 is 0 Å². The van der Waals surface area contributed by atoms with Gasteiger partial charge in [-0.1, -0.05) is 32.9 Å². The molecule has 0 saturated carbocycles. The van der Waals surface area contributed by atoms with Crippen molar-refractivity contribution in [2.45, 2.75) is 26.2 Å². The highest BCUT2D eigenvalue weighted by atomic mass is 15.2. The van der Waals surface area contributed by atoms with Gasteiger partial charge in [0.05, 0.1) is 0 Å². The maximum atomic E-state index is 4.24. The number of benzene rings is 1. The molecule has 2 rings (SSSR count). The van der Waals surface area contributed by atoms with Crippen LogP contribution in [0.3, 0.4) is 0 Å². The highest BCUT2D eigenvalue weighted by Crippen LogP contribution is 2.26. The monoisotopic (exact) mass is 241 g/mol. The molecule has 0 amide bonds. The first-order chi connectivity index (χ1) is 8.48. The zero-order valence-corrected chi connectivity index (χ0v) is 11.4. The maximum Gasteiger partial charge on any atom is 0.229 e. The number of hydrogen-bond acceptors (Lipinski definition) is 3. The van der Waals surface area contributed by atoms with Gasteiger partial charge in [-0.05, 0) is 29.2 Å². The van der Waals surface area contributed by atoms with Crippen molar-refractivity contribution in [3.8, 4) is 0 Å². The van der Waals surface area contributed by atoms with Crippen LogP contribution in [0.2, 0.25) is 0 Å². The zero-order valence-electron chi connectivity index (χ0n) is 11.4. The van der Waals surface area contributed by atoms with E-state index in [1.165, 1.54) is 5.56 Å². The summed E-state index contributed by atoms with van der Waals surface area (Å²) >= 11 is 0. The van der Waals surface area contributed by atoms with E-state index in [2.05, 4.69) is 55.0 Å². The van der Waals surface area contributed by atoms with Gasteiger partial charge in [0.2, 0.25) is 5.95 Å². The molecule has 0 unspecified atom stereocenters. The Morgan fingerprint density at radius 2 is 1.50 bits per heavy atom. The first kappa shape index (κ1) is 12.6. The van der Waals surface area contributed by atoms with Crippen molar-refractivity contribution >= 4 is 11.6 Å². The van der Waals surface area contributed by atoms with Crippen LogP contribution in [0.25, 0.3) is 0 Å². The lowest BCUT2D eigenvalue weighted by molar-refractivity contribution is 0.590. The van der Waals surface area contributed by atoms with Gasteiger partial charge in [-0.15, -0.1) is 0 Å². The van der Waals surface area contributed by atoms with Gasteiger partial charge in [0.1, 0.15) is 0 Å². The van der Waals surface area contributed by atoms with Crippen LogP contribution >= 0.6 is 0 Å². The third kappa shape index (κ3) is 2.67. The summed E-state index contributed by atoms with van der Waals surface area (Å²) in [7, 11) is 1.97. The minimum absolute atomic E-state index is 0.181. The SMILES string of the molecule is CN(c1ccc(C(C)(C)C)cc1)c1ncccn1. The quantitative estimate of drug-likeness (QED) is 0.805. The minimum atomic E-state index is 0.181. The fourth-order valence-corrected chi connectivity index (χ4v) is 1.76. The smallest absolute Gasteiger partial charge is 0.229 e. The van der Waals surface area contributed by atoms with E-state index in [0.717, 1.165) is 5.69 Å². The predicted octanol–water partition coefficient (Wildman–Crippen LogP) is 3.54. The lowest BCUT2D eigenvalue weighted by Crippen LogP contribution is -2.14. The number of rotatable bonds is 2. The molecule has 0 saturated heterocycles. The van der Waals surface area contributed by atoms with Crippen LogP contribution in [0.4, 0.5) is 11.6 Å². The topological polar surface area (TPSA) is 29.0 Å². The molecule has 0 atom stereocenters. The molecule has 1 aromatic carbocycles. The van der Waals surface area contributed by atoms with Crippen LogP contribution in [0.1, 0.15) is 26.3 Å². The first-order valence-electron chi connectivity index (χ1n) is 6.10. The van der Waals surface area contributed by atoms with E-state index in [9.17, 15) is 0 Å². The van der Waals surface area contributed by atoms with Crippen LogP contribution < -0.4 is 4.90 Å². The van der Waals surface area contributed by atoms with Crippen molar-refractivity contribution in [2.75, 3.05) is 11.9 Å². The van der Waals surface area contributed by atoms with Gasteiger partial charge in [-0.2, -0.15) is 0 Å². The van der Waals surface area contributed by atoms with Crippen LogP contribution in [0, 0.1) is 0 Å². The molecule has 2 aromatic rings. The summed E-state index contributed by atoms with van der Waals surface area (Å²) in [6.45, 7) is 6.64. The Morgan fingerprint density at radius 3 is 2.00 bits per heavy atom. The molecule has 0 bridgehead atoms. The van der Waals surface area contributed by atoms with Gasteiger partial charge in [-0.3, -0.25) is 0 Å². The van der Waals surface area contributed by atoms with Gasteiger partial charge in [0, 0.05) is 25.1 Å². The van der Waals surface area contributed by atoms with Crippen molar-refractivity contribution in [3.63, 3.8) is 0 Å². The molecule has 0 aliphatic rings. The normalized spacial score (nSPS) is 11.3. The third-order valence-corrected chi connectivity index (χ3v) is 2.97. The summed E-state index contributed by atoms with van der Waals surface area (Å²) in [4.78, 5) is 10.5. The highest BCUT2D eigenvalue weighted by molar-refractivity contribution is 5.56. The van der Waals surface area contributed by atoms with Gasteiger partial charge in [-0.25, -0.2) is 9.97 Å². The molecule has 3 heteroatoms. The van der Waals surface area contributed by atoms with Gasteiger partial charge in [0.25, 0.3) is 0 Å². The Labute approximate surface area is 109 Å². The second-order valence-corrected chi connectivity index (χ2v) is 5.40. The molecular weight excluding hydrogens is 222 g/mol. The molecule has 18 heavy (non-hydrogen) atoms. The number of nitrogens with zero attached hydrogens (tertiary/aromatic N) is 3. The third-order valence-electron chi connectivity index (χ3n) is 2.97. The molecule has 0 aliphatic carbocycles. The predicted molar refractivity (Wildman–Crippen MR) is 75.2 cm³/mol. The first-order valence-corrected chi connectivity index (χ1v) is 6.10. The summed E-state index contributed by atoms with van der Waals surface area (Å²) in [6.07, 6.45) is 3.50. The van der Waals surface area contributed by atoms with Crippen LogP contribution in [-0.4, -0.2) is 17.0 Å². The van der Waals surface area contributed by atoms with E-state index in [0.29, 0.717) is 5.95 Å². The summed E-state index contributed by atoms with van der Waals surface area (Å²) in [6, 6.07) is 10.4. The van der Waals surface area contributed by atoms with E-state index in [4.69, 9.17) is 0 Å². The molecule has 1 aromatic heterocycles. The molecule has 0 fully saturated rings. The van der Waals surface area contributed by atoms with E-state index in [1.54, 1.807) is 12.4 Å². The Hall–Kier alpha value is -1.90. The van der Waals surface area contributed by atoms with Gasteiger partial charge in [0.15, 0.2) is 0 Å². The van der Waals surface area contributed by atoms with Crippen molar-refractivity contribution in [1.29, 1.82) is 0 Å². The van der Waals surface area contributed by atoms with E-state index in [1.807, 2.05) is 18.0 Å². The summed E-state index contributed by atoms with van der Waals surface area (Å²) in [5, 5.41) is 0. The lowest BCUT2D eigenvalue weighted by atomic mass is 9.87. The largest absolute Gasteiger partial charge is 0.314 e. The summed E-state index contributed by atoms with van der Waals surface area (Å²) < 4.78 is 0. The van der Waals surface area contributed by atoms with Crippen molar-refractivity contribution in [2.24, 2.45) is 0 Å². The second-order valence-electron chi connectivity index (χ2n) is 5.40. The van der Waals surface area contributed by atoms with Crippen molar-refractivity contribution < 1.29 is 0 Å². The fourth-order valence-electron chi connectivity index (χ4n) is 1.76. The van der Waals surface area contributed by atoms with Gasteiger partial charge >= 0.3 is 0 Å². The Bertz CT molecular complexity index is 498. The van der Waals surface area contributed by atoms with Crippen LogP contribution in [-0.2, 0) is 5.41 Å². The lowest BCUT2D eigenvalue weighted by Gasteiger charge is -2.21. The Morgan fingerprint density at radius 1 is 0.944 bits per heavy atom. The van der Waals surface area contributed by atoms with E-state index in [-0.39, 0.29) is 5.41 Å². The Kier molecular flexibility index (Phi) is 3.32. The van der Waals surface area contributed by atoms with Crippen molar-refractivity contribution in [1.82, 2.24) is 9.97 Å². The summed E-state index contributed by atoms with van der Waals surface area (Å²) in [5.74, 6) is 0.709. The molecular formula is C15H19N3. The fraction of sp³-hybridized carbons (Fsp3) is 0.333. The number of hydrogen-bond donors (Lipinski definition) is 0. The average Bonchev–Trinajstić information content (AvgIpc) is 2.38. The van der Waals surface area contributed by atoms with Gasteiger partial charge < -0.3 is 4.90 Å². The average molecular weight is 241 g/mol. The van der Waals surface area contributed by atoms with Crippen molar-refractivity contribution in [3.05, 3.63) is 48.3 Å². The second kappa shape index (κ2) is 4.77. The minimum Gasteiger partial charge on any atom is -0.314 e. The molecule has 3 nitrogen and oxygen atoms in total. The zero-order chi connectivity index (χ0) is 13.2. The molecule has 0 radical (unpaired) electrons. The molecule has 0 aliphatic heterocycles. The Balaban J connectivity index is 2.25. The molecule has 0 spiro atoms. The van der Waals surface area contributed by atoms with Crippen LogP contribution in [0.5, 0.6) is 0 Å². The molecule has 94 valence electrons. The molecule has 1 heterocycles.